The van der Waals surface area contributed by atoms with Crippen LogP contribution in [0.25, 0.3) is 0 Å². The molecule has 1 amide bonds. The number of ether oxygens (including phenoxy) is 2. The van der Waals surface area contributed by atoms with Gasteiger partial charge in [-0.2, -0.15) is 0 Å². The topological polar surface area (TPSA) is 76.7 Å². The molecule has 1 aliphatic rings. The van der Waals surface area contributed by atoms with Crippen LogP contribution in [0, 0.1) is 0 Å². The molecule has 0 aromatic carbocycles. The van der Waals surface area contributed by atoms with E-state index >= 15 is 0 Å². The van der Waals surface area contributed by atoms with Crippen LogP contribution in [0.4, 0.5) is 0 Å². The molecular weight excluding hydrogens is 212 g/mol. The summed E-state index contributed by atoms with van der Waals surface area (Å²) < 4.78 is 9.86. The molecule has 1 aliphatic heterocycles. The Morgan fingerprint density at radius 1 is 1.44 bits per heavy atom. The van der Waals surface area contributed by atoms with E-state index in [4.69, 9.17) is 4.74 Å². The van der Waals surface area contributed by atoms with Crippen LogP contribution in [0.15, 0.2) is 0 Å². The summed E-state index contributed by atoms with van der Waals surface area (Å²) in [4.78, 5) is 22.0. The first-order chi connectivity index (χ1) is 7.56. The lowest BCUT2D eigenvalue weighted by molar-refractivity contribution is -0.141. The Bertz CT molecular complexity index is 264. The summed E-state index contributed by atoms with van der Waals surface area (Å²) >= 11 is 0. The van der Waals surface area contributed by atoms with E-state index in [0.717, 1.165) is 13.1 Å². The number of hydrogen-bond acceptors (Lipinski definition) is 5. The highest BCUT2D eigenvalue weighted by Gasteiger charge is 2.32. The van der Waals surface area contributed by atoms with E-state index in [1.165, 1.54) is 7.11 Å². The van der Waals surface area contributed by atoms with Crippen LogP contribution >= 0.6 is 0 Å². The van der Waals surface area contributed by atoms with Gasteiger partial charge in [-0.25, -0.2) is 0 Å². The van der Waals surface area contributed by atoms with Gasteiger partial charge in [0.15, 0.2) is 0 Å². The molecule has 1 rings (SSSR count). The van der Waals surface area contributed by atoms with Crippen LogP contribution in [0.1, 0.15) is 13.3 Å². The highest BCUT2D eigenvalue weighted by atomic mass is 16.5. The summed E-state index contributed by atoms with van der Waals surface area (Å²) in [6, 6.07) is 0. The van der Waals surface area contributed by atoms with Gasteiger partial charge in [-0.05, 0) is 6.92 Å². The zero-order chi connectivity index (χ0) is 12.0. The van der Waals surface area contributed by atoms with Gasteiger partial charge in [0, 0.05) is 19.6 Å². The summed E-state index contributed by atoms with van der Waals surface area (Å²) in [5, 5.41) is 5.66. The van der Waals surface area contributed by atoms with Crippen LogP contribution in [-0.4, -0.2) is 50.8 Å². The molecule has 6 nitrogen and oxygen atoms in total. The standard InChI is InChI=1S/C10H18N2O4/c1-10(6-11-7-10)16-5-8(13)12-4-3-9(14)15-2/h11H,3-7H2,1-2H3,(H,12,13). The fraction of sp³-hybridized carbons (Fsp3) is 0.800. The Balaban J connectivity index is 2.04. The van der Waals surface area contributed by atoms with Crippen LogP contribution in [0.2, 0.25) is 0 Å². The average Bonchev–Trinajstić information content (AvgIpc) is 2.23. The zero-order valence-corrected chi connectivity index (χ0v) is 9.67. The molecule has 2 N–H and O–H groups in total. The summed E-state index contributed by atoms with van der Waals surface area (Å²) in [6.45, 7) is 3.79. The number of hydrogen-bond donors (Lipinski definition) is 2. The fourth-order valence-electron chi connectivity index (χ4n) is 1.28. The Labute approximate surface area is 94.7 Å². The first-order valence-corrected chi connectivity index (χ1v) is 5.24. The van der Waals surface area contributed by atoms with Crippen LogP contribution in [-0.2, 0) is 19.1 Å². The van der Waals surface area contributed by atoms with Gasteiger partial charge < -0.3 is 20.1 Å². The number of methoxy groups -OCH3 is 1. The SMILES string of the molecule is COC(=O)CCNC(=O)COC1(C)CNC1. The number of rotatable bonds is 6. The molecule has 1 saturated heterocycles. The van der Waals surface area contributed by atoms with Crippen molar-refractivity contribution >= 4 is 11.9 Å². The van der Waals surface area contributed by atoms with Gasteiger partial charge >= 0.3 is 5.97 Å². The average molecular weight is 230 g/mol. The van der Waals surface area contributed by atoms with Crippen molar-refractivity contribution in [3.05, 3.63) is 0 Å². The van der Waals surface area contributed by atoms with Crippen molar-refractivity contribution in [2.45, 2.75) is 18.9 Å². The normalized spacial score (nSPS) is 17.4. The monoisotopic (exact) mass is 230 g/mol. The van der Waals surface area contributed by atoms with Crippen molar-refractivity contribution in [3.8, 4) is 0 Å². The van der Waals surface area contributed by atoms with E-state index in [1.54, 1.807) is 0 Å². The van der Waals surface area contributed by atoms with E-state index in [0.29, 0.717) is 0 Å². The van der Waals surface area contributed by atoms with Gasteiger partial charge in [-0.1, -0.05) is 0 Å². The second-order valence-corrected chi connectivity index (χ2v) is 4.02. The molecule has 16 heavy (non-hydrogen) atoms. The smallest absolute Gasteiger partial charge is 0.307 e. The van der Waals surface area contributed by atoms with Crippen LogP contribution in [0.3, 0.4) is 0 Å². The minimum Gasteiger partial charge on any atom is -0.469 e. The highest BCUT2D eigenvalue weighted by Crippen LogP contribution is 2.14. The fourth-order valence-corrected chi connectivity index (χ4v) is 1.28. The van der Waals surface area contributed by atoms with Crippen LogP contribution in [0.5, 0.6) is 0 Å². The molecule has 0 aromatic rings. The summed E-state index contributed by atoms with van der Waals surface area (Å²) in [5.74, 6) is -0.548. The molecule has 0 aliphatic carbocycles. The van der Waals surface area contributed by atoms with E-state index in [2.05, 4.69) is 15.4 Å². The van der Waals surface area contributed by atoms with Gasteiger partial charge in [0.25, 0.3) is 0 Å². The lowest BCUT2D eigenvalue weighted by atomic mass is 10.0. The maximum Gasteiger partial charge on any atom is 0.307 e. The number of carbonyl (C=O) groups excluding carboxylic acids is 2. The first-order valence-electron chi connectivity index (χ1n) is 5.24. The van der Waals surface area contributed by atoms with Crippen molar-refractivity contribution in [2.24, 2.45) is 0 Å². The highest BCUT2D eigenvalue weighted by molar-refractivity contribution is 5.78. The lowest BCUT2D eigenvalue weighted by Gasteiger charge is -2.38. The van der Waals surface area contributed by atoms with E-state index in [1.807, 2.05) is 6.92 Å². The van der Waals surface area contributed by atoms with E-state index in [-0.39, 0.29) is 37.0 Å². The number of amides is 1. The maximum atomic E-state index is 11.3. The lowest BCUT2D eigenvalue weighted by Crippen LogP contribution is -2.59. The molecule has 0 saturated carbocycles. The summed E-state index contributed by atoms with van der Waals surface area (Å²) in [5.41, 5.74) is -0.223. The van der Waals surface area contributed by atoms with Crippen molar-refractivity contribution in [2.75, 3.05) is 33.4 Å². The minimum atomic E-state index is -0.337. The van der Waals surface area contributed by atoms with Gasteiger partial charge in [-0.15, -0.1) is 0 Å². The molecule has 1 heterocycles. The molecule has 0 aromatic heterocycles. The minimum absolute atomic E-state index is 0.0271. The maximum absolute atomic E-state index is 11.3. The predicted octanol–water partition coefficient (Wildman–Crippen LogP) is -0.956. The van der Waals surface area contributed by atoms with Crippen molar-refractivity contribution in [1.29, 1.82) is 0 Å². The zero-order valence-electron chi connectivity index (χ0n) is 9.67. The largest absolute Gasteiger partial charge is 0.469 e. The van der Waals surface area contributed by atoms with Gasteiger partial charge in [-0.3, -0.25) is 9.59 Å². The van der Waals surface area contributed by atoms with Gasteiger partial charge in [0.2, 0.25) is 5.91 Å². The third kappa shape index (κ3) is 4.16. The molecule has 6 heteroatoms. The van der Waals surface area contributed by atoms with E-state index < -0.39 is 0 Å². The van der Waals surface area contributed by atoms with Crippen LogP contribution < -0.4 is 10.6 Å². The van der Waals surface area contributed by atoms with Gasteiger partial charge in [0.1, 0.15) is 6.61 Å². The first kappa shape index (κ1) is 12.9. The molecule has 92 valence electrons. The van der Waals surface area contributed by atoms with Gasteiger partial charge in [0.05, 0.1) is 19.1 Å². The second-order valence-electron chi connectivity index (χ2n) is 4.02. The number of carbonyl (C=O) groups is 2. The Kier molecular flexibility index (Phi) is 4.70. The van der Waals surface area contributed by atoms with Crippen molar-refractivity contribution in [1.82, 2.24) is 10.6 Å². The third-order valence-electron chi connectivity index (χ3n) is 2.43. The third-order valence-corrected chi connectivity index (χ3v) is 2.43. The number of esters is 1. The Hall–Kier alpha value is -1.14. The van der Waals surface area contributed by atoms with Crippen molar-refractivity contribution in [3.63, 3.8) is 0 Å². The molecule has 0 spiro atoms. The molecule has 0 atom stereocenters. The molecule has 0 unspecified atom stereocenters. The van der Waals surface area contributed by atoms with E-state index in [9.17, 15) is 9.59 Å². The molecule has 0 bridgehead atoms. The second kappa shape index (κ2) is 5.81. The molecular formula is C10H18N2O4. The Morgan fingerprint density at radius 3 is 2.62 bits per heavy atom. The summed E-state index contributed by atoms with van der Waals surface area (Å²) in [6.07, 6.45) is 0.182. The summed E-state index contributed by atoms with van der Waals surface area (Å²) in [7, 11) is 1.32. The number of nitrogens with one attached hydrogen (secondary N) is 2. The Morgan fingerprint density at radius 2 is 2.12 bits per heavy atom. The molecule has 0 radical (unpaired) electrons. The quantitative estimate of drug-likeness (QED) is 0.575. The van der Waals surface area contributed by atoms with Crippen molar-refractivity contribution < 1.29 is 19.1 Å². The predicted molar refractivity (Wildman–Crippen MR) is 56.9 cm³/mol. The molecule has 1 fully saturated rings.